The molecule has 1 aromatic carbocycles. The quantitative estimate of drug-likeness (QED) is 0.469. The van der Waals surface area contributed by atoms with Gasteiger partial charge in [-0.3, -0.25) is 4.79 Å². The van der Waals surface area contributed by atoms with E-state index in [2.05, 4.69) is 10.3 Å². The van der Waals surface area contributed by atoms with Crippen LogP contribution < -0.4 is 15.8 Å². The van der Waals surface area contributed by atoms with Crippen molar-refractivity contribution >= 4 is 23.5 Å². The van der Waals surface area contributed by atoms with Gasteiger partial charge < -0.3 is 30.7 Å². The van der Waals surface area contributed by atoms with Crippen molar-refractivity contribution in [1.29, 1.82) is 0 Å². The highest BCUT2D eigenvalue weighted by atomic mass is 16.5. The first-order valence-electron chi connectivity index (χ1n) is 10.6. The normalized spacial score (nSPS) is 19.1. The molecule has 9 nitrogen and oxygen atoms in total. The summed E-state index contributed by atoms with van der Waals surface area (Å²) in [6.45, 7) is 8.44. The summed E-state index contributed by atoms with van der Waals surface area (Å²) < 4.78 is 5.67. The van der Waals surface area contributed by atoms with Crippen molar-refractivity contribution in [3.8, 4) is 5.75 Å². The minimum atomic E-state index is -0.985. The number of nitrogens with zero attached hydrogens (tertiary/aromatic N) is 3. The lowest BCUT2D eigenvalue weighted by Gasteiger charge is -2.43. The lowest BCUT2D eigenvalue weighted by atomic mass is 10.0. The Labute approximate surface area is 182 Å². The molecule has 0 aromatic heterocycles. The van der Waals surface area contributed by atoms with Crippen LogP contribution in [0.15, 0.2) is 28.6 Å². The van der Waals surface area contributed by atoms with Crippen LogP contribution >= 0.6 is 0 Å². The number of anilines is 1. The summed E-state index contributed by atoms with van der Waals surface area (Å²) in [6.07, 6.45) is 1.81. The van der Waals surface area contributed by atoms with Gasteiger partial charge in [0, 0.05) is 25.1 Å². The second-order valence-electron chi connectivity index (χ2n) is 7.94. The number of ether oxygens (including phenoxy) is 1. The Kier molecular flexibility index (Phi) is 6.42. The van der Waals surface area contributed by atoms with E-state index in [1.165, 1.54) is 0 Å². The molecule has 0 aliphatic carbocycles. The largest absolute Gasteiger partial charge is 0.491 e. The van der Waals surface area contributed by atoms with Crippen LogP contribution in [-0.4, -0.2) is 58.5 Å². The fourth-order valence-corrected chi connectivity index (χ4v) is 4.29. The second-order valence-corrected chi connectivity index (χ2v) is 7.94. The van der Waals surface area contributed by atoms with Crippen LogP contribution in [0.2, 0.25) is 0 Å². The van der Waals surface area contributed by atoms with Crippen molar-refractivity contribution < 1.29 is 19.4 Å². The fraction of sp³-hybridized carbons (Fsp3) is 0.500. The Morgan fingerprint density at radius 1 is 1.39 bits per heavy atom. The molecule has 2 heterocycles. The smallest absolute Gasteiger partial charge is 0.336 e. The Morgan fingerprint density at radius 3 is 2.68 bits per heavy atom. The number of hydrogen-bond acceptors (Lipinski definition) is 5. The number of carboxylic acids is 1. The number of aromatic carboxylic acids is 1. The van der Waals surface area contributed by atoms with Crippen LogP contribution in [0.1, 0.15) is 56.5 Å². The number of rotatable bonds is 6. The van der Waals surface area contributed by atoms with Gasteiger partial charge >= 0.3 is 5.97 Å². The molecule has 0 bridgehead atoms. The molecule has 168 valence electrons. The highest BCUT2D eigenvalue weighted by Gasteiger charge is 2.38. The third kappa shape index (κ3) is 4.04. The fourth-order valence-electron chi connectivity index (χ4n) is 4.29. The molecule has 0 spiro atoms. The molecule has 0 fully saturated rings. The molecule has 4 N–H and O–H groups in total. The minimum Gasteiger partial charge on any atom is -0.491 e. The first-order valence-corrected chi connectivity index (χ1v) is 10.6. The minimum absolute atomic E-state index is 0.0500. The van der Waals surface area contributed by atoms with Gasteiger partial charge in [0.2, 0.25) is 5.91 Å². The molecule has 0 saturated heterocycles. The molecule has 2 aliphatic rings. The van der Waals surface area contributed by atoms with Crippen LogP contribution in [0.4, 0.5) is 5.69 Å². The molecule has 31 heavy (non-hydrogen) atoms. The van der Waals surface area contributed by atoms with Crippen molar-refractivity contribution in [2.75, 3.05) is 19.0 Å². The predicted octanol–water partition coefficient (Wildman–Crippen LogP) is 2.59. The summed E-state index contributed by atoms with van der Waals surface area (Å²) in [5.41, 5.74) is 8.53. The van der Waals surface area contributed by atoms with Crippen LogP contribution in [0, 0.1) is 0 Å². The number of likely N-dealkylation sites (N-methyl/N-ethyl adjacent to an activating group) is 1. The number of amides is 1. The van der Waals surface area contributed by atoms with Crippen molar-refractivity contribution in [2.45, 2.75) is 59.0 Å². The monoisotopic (exact) mass is 429 g/mol. The average molecular weight is 430 g/mol. The third-order valence-corrected chi connectivity index (χ3v) is 5.72. The van der Waals surface area contributed by atoms with E-state index in [0.717, 1.165) is 5.70 Å². The summed E-state index contributed by atoms with van der Waals surface area (Å²) in [6, 6.07) is 2.92. The van der Waals surface area contributed by atoms with Crippen LogP contribution in [0.25, 0.3) is 0 Å². The van der Waals surface area contributed by atoms with E-state index in [9.17, 15) is 14.7 Å². The Morgan fingerprint density at radius 2 is 2.10 bits per heavy atom. The standard InChI is InChI=1S/C22H31N5O4/c1-6-16-19(27(12(3)4)17(7-2)20(28)26(16)5)25-22(23)24-15-9-8-14(21(29)30)13-10-11-31-18(13)15/h8-9,12,17H,6-7,10-11H2,1-5H3,(H,29,30)(H3,23,24,25). The highest BCUT2D eigenvalue weighted by molar-refractivity contribution is 5.97. The topological polar surface area (TPSA) is 120 Å². The number of carboxylic acid groups (broad SMARTS) is 1. The summed E-state index contributed by atoms with van der Waals surface area (Å²) in [4.78, 5) is 32.7. The molecule has 0 radical (unpaired) electrons. The zero-order valence-electron chi connectivity index (χ0n) is 18.7. The second kappa shape index (κ2) is 8.87. The average Bonchev–Trinajstić information content (AvgIpc) is 3.20. The number of benzene rings is 1. The number of carbonyl (C=O) groups excluding carboxylic acids is 1. The number of nitrogens with one attached hydrogen (secondary N) is 1. The number of allylic oxidation sites excluding steroid dienone is 1. The molecular weight excluding hydrogens is 398 g/mol. The molecule has 3 rings (SSSR count). The molecule has 9 heteroatoms. The van der Waals surface area contributed by atoms with E-state index in [-0.39, 0.29) is 29.5 Å². The Hall–Kier alpha value is -3.23. The highest BCUT2D eigenvalue weighted by Crippen LogP contribution is 2.36. The molecule has 0 saturated carbocycles. The van der Waals surface area contributed by atoms with E-state index in [1.807, 2.05) is 32.6 Å². The first kappa shape index (κ1) is 22.5. The summed E-state index contributed by atoms with van der Waals surface area (Å²) in [7, 11) is 1.77. The third-order valence-electron chi connectivity index (χ3n) is 5.72. The van der Waals surface area contributed by atoms with Crippen molar-refractivity contribution in [1.82, 2.24) is 9.80 Å². The summed E-state index contributed by atoms with van der Waals surface area (Å²) in [5.74, 6) is 0.363. The number of carbonyl (C=O) groups is 2. The van der Waals surface area contributed by atoms with Gasteiger partial charge in [0.1, 0.15) is 11.8 Å². The van der Waals surface area contributed by atoms with E-state index in [0.29, 0.717) is 48.7 Å². The van der Waals surface area contributed by atoms with Gasteiger partial charge in [0.05, 0.1) is 23.6 Å². The molecular formula is C22H31N5O4. The number of aliphatic imine (C=N–C) groups is 1. The first-order chi connectivity index (χ1) is 14.7. The van der Waals surface area contributed by atoms with Gasteiger partial charge in [-0.2, -0.15) is 4.99 Å². The Bertz CT molecular complexity index is 953. The van der Waals surface area contributed by atoms with E-state index in [4.69, 9.17) is 10.5 Å². The molecule has 1 unspecified atom stereocenters. The molecule has 2 aliphatic heterocycles. The van der Waals surface area contributed by atoms with Crippen molar-refractivity contribution in [2.24, 2.45) is 10.7 Å². The van der Waals surface area contributed by atoms with Crippen LogP contribution in [0.3, 0.4) is 0 Å². The maximum absolute atomic E-state index is 12.9. The SMILES string of the molecule is CCC1=C(N=C(N)Nc2ccc(C(=O)O)c3c2OCC3)N(C(C)C)C(CC)C(=O)N1C. The zero-order chi connectivity index (χ0) is 22.9. The molecule has 1 aromatic rings. The van der Waals surface area contributed by atoms with Crippen molar-refractivity contribution in [3.63, 3.8) is 0 Å². The van der Waals surface area contributed by atoms with Gasteiger partial charge in [0.15, 0.2) is 11.8 Å². The van der Waals surface area contributed by atoms with Crippen LogP contribution in [-0.2, 0) is 11.2 Å². The number of hydrogen-bond donors (Lipinski definition) is 3. The zero-order valence-corrected chi connectivity index (χ0v) is 18.7. The number of fused-ring (bicyclic) bond motifs is 1. The van der Waals surface area contributed by atoms with E-state index in [1.54, 1.807) is 24.1 Å². The van der Waals surface area contributed by atoms with E-state index >= 15 is 0 Å². The maximum atomic E-state index is 12.9. The van der Waals surface area contributed by atoms with Gasteiger partial charge in [0.25, 0.3) is 0 Å². The van der Waals surface area contributed by atoms with Gasteiger partial charge in [-0.15, -0.1) is 0 Å². The summed E-state index contributed by atoms with van der Waals surface area (Å²) in [5, 5.41) is 12.5. The van der Waals surface area contributed by atoms with Gasteiger partial charge in [-0.25, -0.2) is 4.79 Å². The number of guanidine groups is 1. The van der Waals surface area contributed by atoms with E-state index < -0.39 is 5.97 Å². The van der Waals surface area contributed by atoms with Crippen molar-refractivity contribution in [3.05, 3.63) is 34.8 Å². The van der Waals surface area contributed by atoms with Gasteiger partial charge in [-0.05, 0) is 38.8 Å². The summed E-state index contributed by atoms with van der Waals surface area (Å²) >= 11 is 0. The number of nitrogens with two attached hydrogens (primary N) is 1. The molecule has 1 amide bonds. The maximum Gasteiger partial charge on any atom is 0.336 e. The lowest BCUT2D eigenvalue weighted by Crippen LogP contribution is -2.54. The molecule has 1 atom stereocenters. The predicted molar refractivity (Wildman–Crippen MR) is 119 cm³/mol. The van der Waals surface area contributed by atoms with Crippen LogP contribution in [0.5, 0.6) is 5.75 Å². The Balaban J connectivity index is 2.01. The van der Waals surface area contributed by atoms with Gasteiger partial charge in [-0.1, -0.05) is 13.8 Å². The lowest BCUT2D eigenvalue weighted by molar-refractivity contribution is -0.136.